The van der Waals surface area contributed by atoms with E-state index in [0.29, 0.717) is 49.0 Å². The molecule has 140 valence electrons. The number of hydrogen-bond donors (Lipinski definition) is 1. The molecule has 0 aliphatic carbocycles. The number of ether oxygens (including phenoxy) is 2. The lowest BCUT2D eigenvalue weighted by Crippen LogP contribution is -2.39. The predicted molar refractivity (Wildman–Crippen MR) is 102 cm³/mol. The smallest absolute Gasteiger partial charge is 0.339 e. The summed E-state index contributed by atoms with van der Waals surface area (Å²) in [7, 11) is 0. The minimum absolute atomic E-state index is 0.348. The Labute approximate surface area is 162 Å². The fourth-order valence-corrected chi connectivity index (χ4v) is 3.71. The van der Waals surface area contributed by atoms with Crippen molar-refractivity contribution in [3.05, 3.63) is 58.6 Å². The maximum atomic E-state index is 12.8. The van der Waals surface area contributed by atoms with Gasteiger partial charge in [0.2, 0.25) is 0 Å². The van der Waals surface area contributed by atoms with Crippen molar-refractivity contribution in [1.82, 2.24) is 0 Å². The Morgan fingerprint density at radius 3 is 2.70 bits per heavy atom. The molecule has 1 saturated heterocycles. The average Bonchev–Trinajstić information content (AvgIpc) is 2.69. The Morgan fingerprint density at radius 2 is 1.89 bits per heavy atom. The maximum Gasteiger partial charge on any atom is 0.339 e. The summed E-state index contributed by atoms with van der Waals surface area (Å²) in [6.45, 7) is 2.60. The monoisotopic (exact) mass is 386 g/mol. The van der Waals surface area contributed by atoms with E-state index >= 15 is 0 Å². The third-order valence-electron chi connectivity index (χ3n) is 4.76. The molecule has 6 nitrogen and oxygen atoms in total. The van der Waals surface area contributed by atoms with Crippen molar-refractivity contribution in [2.75, 3.05) is 36.5 Å². The van der Waals surface area contributed by atoms with Crippen molar-refractivity contribution >= 4 is 34.9 Å². The van der Waals surface area contributed by atoms with Crippen LogP contribution >= 0.6 is 11.6 Å². The molecule has 2 aromatic rings. The van der Waals surface area contributed by atoms with Crippen molar-refractivity contribution < 1.29 is 19.1 Å². The Morgan fingerprint density at radius 1 is 1.11 bits per heavy atom. The molecule has 1 amide bonds. The zero-order valence-corrected chi connectivity index (χ0v) is 15.4. The molecule has 0 bridgehead atoms. The van der Waals surface area contributed by atoms with Crippen LogP contribution in [0.5, 0.6) is 0 Å². The summed E-state index contributed by atoms with van der Waals surface area (Å²) in [6.07, 6.45) is -0.523. The van der Waals surface area contributed by atoms with Gasteiger partial charge in [-0.15, -0.1) is 0 Å². The molecular weight excluding hydrogens is 368 g/mol. The van der Waals surface area contributed by atoms with Crippen LogP contribution in [0.25, 0.3) is 0 Å². The minimum atomic E-state index is -0.871. The number of nitrogens with one attached hydrogen (secondary N) is 1. The lowest BCUT2D eigenvalue weighted by atomic mass is 9.98. The normalized spacial score (nSPS) is 19.2. The highest BCUT2D eigenvalue weighted by atomic mass is 35.5. The molecule has 0 radical (unpaired) electrons. The molecule has 27 heavy (non-hydrogen) atoms. The predicted octanol–water partition coefficient (Wildman–Crippen LogP) is 2.90. The van der Waals surface area contributed by atoms with Crippen LogP contribution in [-0.4, -0.2) is 44.3 Å². The summed E-state index contributed by atoms with van der Waals surface area (Å²) in [5, 5.41) is 3.44. The molecule has 0 aromatic heterocycles. The molecule has 2 aliphatic rings. The van der Waals surface area contributed by atoms with E-state index in [1.807, 2.05) is 12.1 Å². The van der Waals surface area contributed by atoms with Crippen LogP contribution in [-0.2, 0) is 20.7 Å². The van der Waals surface area contributed by atoms with Gasteiger partial charge in [0, 0.05) is 19.5 Å². The number of hydrogen-bond acceptors (Lipinski definition) is 5. The SMILES string of the molecule is O=C1OC(C(=O)Nc2cccc(Cl)c2N2CCOCC2)Cc2ccccc21. The molecule has 4 rings (SSSR count). The number of fused-ring (bicyclic) bond motifs is 1. The van der Waals surface area contributed by atoms with Gasteiger partial charge in [-0.1, -0.05) is 35.9 Å². The maximum absolute atomic E-state index is 12.8. The number of amides is 1. The van der Waals surface area contributed by atoms with Crippen molar-refractivity contribution in [3.8, 4) is 0 Å². The van der Waals surface area contributed by atoms with Crippen molar-refractivity contribution in [2.45, 2.75) is 12.5 Å². The standard InChI is InChI=1S/C20H19ClN2O4/c21-15-6-3-7-16(18(15)23-8-10-26-11-9-23)22-19(24)17-12-13-4-1-2-5-14(13)20(25)27-17/h1-7,17H,8-12H2,(H,22,24). The molecule has 2 aromatic carbocycles. The number of cyclic esters (lactones) is 1. The fourth-order valence-electron chi connectivity index (χ4n) is 3.42. The second-order valence-corrected chi connectivity index (χ2v) is 6.89. The molecule has 1 fully saturated rings. The molecule has 2 heterocycles. The first-order valence-corrected chi connectivity index (χ1v) is 9.22. The van der Waals surface area contributed by atoms with Crippen LogP contribution in [0.1, 0.15) is 15.9 Å². The molecule has 1 N–H and O–H groups in total. The zero-order chi connectivity index (χ0) is 18.8. The van der Waals surface area contributed by atoms with E-state index in [9.17, 15) is 9.59 Å². The van der Waals surface area contributed by atoms with Crippen LogP contribution in [0.15, 0.2) is 42.5 Å². The highest BCUT2D eigenvalue weighted by Gasteiger charge is 2.31. The third kappa shape index (κ3) is 3.63. The van der Waals surface area contributed by atoms with E-state index in [2.05, 4.69) is 10.2 Å². The summed E-state index contributed by atoms with van der Waals surface area (Å²) >= 11 is 6.40. The fraction of sp³-hybridized carbons (Fsp3) is 0.300. The summed E-state index contributed by atoms with van der Waals surface area (Å²) < 4.78 is 10.7. The molecular formula is C20H19ClN2O4. The van der Waals surface area contributed by atoms with Gasteiger partial charge in [-0.05, 0) is 23.8 Å². The number of halogens is 1. The number of morpholine rings is 1. The summed E-state index contributed by atoms with van der Waals surface area (Å²) in [4.78, 5) is 27.1. The van der Waals surface area contributed by atoms with Gasteiger partial charge in [0.25, 0.3) is 5.91 Å². The zero-order valence-electron chi connectivity index (χ0n) is 14.6. The first-order chi connectivity index (χ1) is 13.1. The van der Waals surface area contributed by atoms with Crippen LogP contribution in [0.4, 0.5) is 11.4 Å². The van der Waals surface area contributed by atoms with Gasteiger partial charge < -0.3 is 19.7 Å². The Hall–Kier alpha value is -2.57. The van der Waals surface area contributed by atoms with Gasteiger partial charge in [-0.25, -0.2) is 4.79 Å². The largest absolute Gasteiger partial charge is 0.448 e. The van der Waals surface area contributed by atoms with Gasteiger partial charge >= 0.3 is 5.97 Å². The van der Waals surface area contributed by atoms with E-state index in [1.54, 1.807) is 30.3 Å². The number of carbonyl (C=O) groups is 2. The van der Waals surface area contributed by atoms with Crippen molar-refractivity contribution in [1.29, 1.82) is 0 Å². The first kappa shape index (κ1) is 17.8. The van der Waals surface area contributed by atoms with Crippen molar-refractivity contribution in [3.63, 3.8) is 0 Å². The number of benzene rings is 2. The molecule has 1 unspecified atom stereocenters. The third-order valence-corrected chi connectivity index (χ3v) is 5.06. The summed E-state index contributed by atoms with van der Waals surface area (Å²) in [5.74, 6) is -0.842. The van der Waals surface area contributed by atoms with E-state index in [-0.39, 0.29) is 5.91 Å². The Balaban J connectivity index is 1.55. The number of carbonyl (C=O) groups excluding carboxylic acids is 2. The van der Waals surface area contributed by atoms with Crippen LogP contribution < -0.4 is 10.2 Å². The van der Waals surface area contributed by atoms with Crippen LogP contribution in [0.3, 0.4) is 0 Å². The highest BCUT2D eigenvalue weighted by Crippen LogP contribution is 2.35. The Bertz CT molecular complexity index is 880. The minimum Gasteiger partial charge on any atom is -0.448 e. The van der Waals surface area contributed by atoms with Gasteiger partial charge in [0.05, 0.1) is 35.2 Å². The molecule has 0 spiro atoms. The average molecular weight is 387 g/mol. The number of para-hydroxylation sites is 1. The van der Waals surface area contributed by atoms with Gasteiger partial charge in [0.15, 0.2) is 6.10 Å². The molecule has 1 atom stereocenters. The Kier molecular flexibility index (Phi) is 5.01. The number of nitrogens with zero attached hydrogens (tertiary/aromatic N) is 1. The lowest BCUT2D eigenvalue weighted by Gasteiger charge is -2.31. The molecule has 2 aliphatic heterocycles. The van der Waals surface area contributed by atoms with E-state index in [0.717, 1.165) is 11.3 Å². The first-order valence-electron chi connectivity index (χ1n) is 8.84. The quantitative estimate of drug-likeness (QED) is 0.821. The number of rotatable bonds is 3. The van der Waals surface area contributed by atoms with Gasteiger partial charge in [-0.2, -0.15) is 0 Å². The molecule has 7 heteroatoms. The van der Waals surface area contributed by atoms with E-state index < -0.39 is 12.1 Å². The van der Waals surface area contributed by atoms with Gasteiger partial charge in [0.1, 0.15) is 0 Å². The summed E-state index contributed by atoms with van der Waals surface area (Å²) in [5.41, 5.74) is 2.69. The second kappa shape index (κ2) is 7.58. The molecule has 0 saturated carbocycles. The number of esters is 1. The van der Waals surface area contributed by atoms with Gasteiger partial charge in [-0.3, -0.25) is 4.79 Å². The van der Waals surface area contributed by atoms with Crippen molar-refractivity contribution in [2.24, 2.45) is 0 Å². The highest BCUT2D eigenvalue weighted by molar-refractivity contribution is 6.34. The second-order valence-electron chi connectivity index (χ2n) is 6.48. The van der Waals surface area contributed by atoms with E-state index in [4.69, 9.17) is 21.1 Å². The summed E-state index contributed by atoms with van der Waals surface area (Å²) in [6, 6.07) is 12.5. The number of anilines is 2. The topological polar surface area (TPSA) is 67.9 Å². The van der Waals surface area contributed by atoms with Crippen LogP contribution in [0, 0.1) is 0 Å². The van der Waals surface area contributed by atoms with Crippen LogP contribution in [0.2, 0.25) is 5.02 Å². The lowest BCUT2D eigenvalue weighted by molar-refractivity contribution is -0.125. The van der Waals surface area contributed by atoms with E-state index in [1.165, 1.54) is 0 Å².